The summed E-state index contributed by atoms with van der Waals surface area (Å²) in [6.07, 6.45) is 4.63. The van der Waals surface area contributed by atoms with Crippen molar-refractivity contribution in [2.75, 3.05) is 11.9 Å². The van der Waals surface area contributed by atoms with Crippen LogP contribution in [0.4, 0.5) is 5.13 Å². The van der Waals surface area contributed by atoms with Gasteiger partial charge < -0.3 is 5.32 Å². The number of aromatic nitrogens is 2. The summed E-state index contributed by atoms with van der Waals surface area (Å²) in [5, 5.41) is 3.72. The molecule has 1 aliphatic heterocycles. The number of pyridine rings is 1. The van der Waals surface area contributed by atoms with Crippen LogP contribution in [0.3, 0.4) is 0 Å². The van der Waals surface area contributed by atoms with Crippen LogP contribution in [0.15, 0.2) is 24.4 Å². The molecule has 3 heterocycles. The normalized spacial score (nSPS) is 18.3. The highest BCUT2D eigenvalue weighted by atomic mass is 32.1. The quantitative estimate of drug-likeness (QED) is 0.915. The number of nitrogens with one attached hydrogen (secondary N) is 1. The van der Waals surface area contributed by atoms with Crippen molar-refractivity contribution in [1.29, 1.82) is 0 Å². The smallest absolute Gasteiger partial charge is 0.243 e. The lowest BCUT2D eigenvalue weighted by Gasteiger charge is -2.22. The Kier molecular flexibility index (Phi) is 5.03. The molecule has 5 nitrogen and oxygen atoms in total. The van der Waals surface area contributed by atoms with Gasteiger partial charge in [0.1, 0.15) is 0 Å². The van der Waals surface area contributed by atoms with Crippen LogP contribution in [0.1, 0.15) is 36.0 Å². The van der Waals surface area contributed by atoms with Gasteiger partial charge in [-0.3, -0.25) is 14.7 Å². The molecule has 0 saturated carbocycles. The van der Waals surface area contributed by atoms with Crippen molar-refractivity contribution in [3.8, 4) is 0 Å². The highest BCUT2D eigenvalue weighted by molar-refractivity contribution is 7.15. The lowest BCUT2D eigenvalue weighted by atomic mass is 10.2. The molecular weight excluding hydrogens is 308 g/mol. The van der Waals surface area contributed by atoms with Gasteiger partial charge in [0.15, 0.2) is 5.13 Å². The summed E-state index contributed by atoms with van der Waals surface area (Å²) in [6.45, 7) is 5.79. The zero-order valence-electron chi connectivity index (χ0n) is 13.6. The molecular formula is C17H22N4OS. The minimum atomic E-state index is -0.0914. The number of anilines is 1. The standard InChI is InChI=1S/C17H22N4OS/c1-3-14-12(2)23-17(19-14)20-16(22)15-8-6-10-21(15)11-13-7-4-5-9-18-13/h4-5,7,9,15H,3,6,8,10-11H2,1-2H3,(H,19,20,22). The molecule has 23 heavy (non-hydrogen) atoms. The Labute approximate surface area is 140 Å². The molecule has 0 aliphatic carbocycles. The van der Waals surface area contributed by atoms with Crippen LogP contribution >= 0.6 is 11.3 Å². The molecule has 1 atom stereocenters. The molecule has 1 N–H and O–H groups in total. The molecule has 1 amide bonds. The zero-order valence-corrected chi connectivity index (χ0v) is 14.4. The second-order valence-electron chi connectivity index (χ2n) is 5.81. The summed E-state index contributed by atoms with van der Waals surface area (Å²) in [6, 6.07) is 5.81. The molecule has 122 valence electrons. The fourth-order valence-electron chi connectivity index (χ4n) is 3.01. The first-order chi connectivity index (χ1) is 11.2. The first-order valence-corrected chi connectivity index (χ1v) is 8.90. The van der Waals surface area contributed by atoms with E-state index in [1.165, 1.54) is 4.88 Å². The van der Waals surface area contributed by atoms with Crippen molar-refractivity contribution >= 4 is 22.4 Å². The number of hydrogen-bond donors (Lipinski definition) is 1. The lowest BCUT2D eigenvalue weighted by Crippen LogP contribution is -2.39. The summed E-state index contributed by atoms with van der Waals surface area (Å²) in [4.78, 5) is 24.9. The van der Waals surface area contributed by atoms with E-state index < -0.39 is 0 Å². The summed E-state index contributed by atoms with van der Waals surface area (Å²) < 4.78 is 0. The first-order valence-electron chi connectivity index (χ1n) is 8.08. The third kappa shape index (κ3) is 3.76. The molecule has 3 rings (SSSR count). The second kappa shape index (κ2) is 7.19. The summed E-state index contributed by atoms with van der Waals surface area (Å²) in [5.41, 5.74) is 2.08. The van der Waals surface area contributed by atoms with Gasteiger partial charge in [-0.05, 0) is 44.9 Å². The van der Waals surface area contributed by atoms with E-state index in [9.17, 15) is 4.79 Å². The Bertz CT molecular complexity index is 670. The molecule has 1 aliphatic rings. The number of carbonyl (C=O) groups excluding carboxylic acids is 1. The van der Waals surface area contributed by atoms with E-state index >= 15 is 0 Å². The zero-order chi connectivity index (χ0) is 16.2. The summed E-state index contributed by atoms with van der Waals surface area (Å²) >= 11 is 1.56. The average Bonchev–Trinajstić information content (AvgIpc) is 3.14. The predicted molar refractivity (Wildman–Crippen MR) is 92.5 cm³/mol. The van der Waals surface area contributed by atoms with Crippen LogP contribution in [-0.2, 0) is 17.8 Å². The highest BCUT2D eigenvalue weighted by Crippen LogP contribution is 2.25. The SMILES string of the molecule is CCc1nc(NC(=O)C2CCCN2Cc2ccccn2)sc1C. The third-order valence-corrected chi connectivity index (χ3v) is 5.14. The van der Waals surface area contributed by atoms with Gasteiger partial charge in [-0.25, -0.2) is 4.98 Å². The van der Waals surface area contributed by atoms with Crippen molar-refractivity contribution in [2.24, 2.45) is 0 Å². The fourth-order valence-corrected chi connectivity index (χ4v) is 3.92. The van der Waals surface area contributed by atoms with Crippen LogP contribution in [0.5, 0.6) is 0 Å². The molecule has 0 radical (unpaired) electrons. The van der Waals surface area contributed by atoms with E-state index in [2.05, 4.69) is 34.0 Å². The van der Waals surface area contributed by atoms with Gasteiger partial charge in [-0.15, -0.1) is 11.3 Å². The molecule has 0 bridgehead atoms. The van der Waals surface area contributed by atoms with E-state index in [-0.39, 0.29) is 11.9 Å². The van der Waals surface area contributed by atoms with Gasteiger partial charge in [0.05, 0.1) is 17.4 Å². The van der Waals surface area contributed by atoms with Crippen molar-refractivity contribution in [2.45, 2.75) is 45.7 Å². The van der Waals surface area contributed by atoms with Crippen LogP contribution in [0, 0.1) is 6.92 Å². The van der Waals surface area contributed by atoms with E-state index in [4.69, 9.17) is 0 Å². The summed E-state index contributed by atoms with van der Waals surface area (Å²) in [7, 11) is 0. The molecule has 6 heteroatoms. The number of hydrogen-bond acceptors (Lipinski definition) is 5. The molecule has 1 unspecified atom stereocenters. The molecule has 2 aromatic heterocycles. The first kappa shape index (κ1) is 16.1. The number of amides is 1. The Morgan fingerprint density at radius 3 is 3.04 bits per heavy atom. The molecule has 0 spiro atoms. The molecule has 2 aromatic rings. The average molecular weight is 330 g/mol. The number of aryl methyl sites for hydroxylation is 2. The van der Waals surface area contributed by atoms with E-state index in [0.717, 1.165) is 43.7 Å². The molecule has 1 saturated heterocycles. The fraction of sp³-hybridized carbons (Fsp3) is 0.471. The van der Waals surface area contributed by atoms with Crippen molar-refractivity contribution in [3.63, 3.8) is 0 Å². The Balaban J connectivity index is 1.65. The molecule has 1 fully saturated rings. The maximum Gasteiger partial charge on any atom is 0.243 e. The Morgan fingerprint density at radius 1 is 1.48 bits per heavy atom. The second-order valence-corrected chi connectivity index (χ2v) is 7.02. The number of thiazole rings is 1. The van der Waals surface area contributed by atoms with E-state index in [1.54, 1.807) is 17.5 Å². The predicted octanol–water partition coefficient (Wildman–Crippen LogP) is 3.01. The highest BCUT2D eigenvalue weighted by Gasteiger charge is 2.31. The largest absolute Gasteiger partial charge is 0.301 e. The number of likely N-dealkylation sites (tertiary alicyclic amines) is 1. The van der Waals surface area contributed by atoms with Crippen molar-refractivity contribution in [1.82, 2.24) is 14.9 Å². The lowest BCUT2D eigenvalue weighted by molar-refractivity contribution is -0.120. The van der Waals surface area contributed by atoms with Crippen molar-refractivity contribution < 1.29 is 4.79 Å². The monoisotopic (exact) mass is 330 g/mol. The van der Waals surface area contributed by atoms with Gasteiger partial charge >= 0.3 is 0 Å². The minimum absolute atomic E-state index is 0.0508. The molecule has 0 aromatic carbocycles. The number of nitrogens with zero attached hydrogens (tertiary/aromatic N) is 3. The van der Waals surface area contributed by atoms with Crippen LogP contribution in [0.2, 0.25) is 0 Å². The van der Waals surface area contributed by atoms with Gasteiger partial charge in [0, 0.05) is 17.6 Å². The van der Waals surface area contributed by atoms with Crippen LogP contribution in [0.25, 0.3) is 0 Å². The number of rotatable bonds is 5. The maximum absolute atomic E-state index is 12.6. The topological polar surface area (TPSA) is 58.1 Å². The van der Waals surface area contributed by atoms with Gasteiger partial charge in [-0.1, -0.05) is 13.0 Å². The number of carbonyl (C=O) groups is 1. The van der Waals surface area contributed by atoms with Crippen molar-refractivity contribution in [3.05, 3.63) is 40.7 Å². The summed E-state index contributed by atoms with van der Waals surface area (Å²) in [5.74, 6) is 0.0508. The van der Waals surface area contributed by atoms with E-state index in [0.29, 0.717) is 5.13 Å². The van der Waals surface area contributed by atoms with E-state index in [1.807, 2.05) is 18.2 Å². The van der Waals surface area contributed by atoms with Gasteiger partial charge in [0.2, 0.25) is 5.91 Å². The van der Waals surface area contributed by atoms with Gasteiger partial charge in [0.25, 0.3) is 0 Å². The van der Waals surface area contributed by atoms with Crippen LogP contribution < -0.4 is 5.32 Å². The maximum atomic E-state index is 12.6. The Morgan fingerprint density at radius 2 is 2.35 bits per heavy atom. The third-order valence-electron chi connectivity index (χ3n) is 4.22. The Hall–Kier alpha value is -1.79. The van der Waals surface area contributed by atoms with Crippen LogP contribution in [-0.4, -0.2) is 33.4 Å². The minimum Gasteiger partial charge on any atom is -0.301 e. The van der Waals surface area contributed by atoms with Gasteiger partial charge in [-0.2, -0.15) is 0 Å².